The Bertz CT molecular complexity index is 670. The Morgan fingerprint density at radius 2 is 1.90 bits per heavy atom. The topological polar surface area (TPSA) is 29.1 Å². The van der Waals surface area contributed by atoms with Gasteiger partial charge in [0, 0.05) is 16.6 Å². The second kappa shape index (κ2) is 6.85. The maximum absolute atomic E-state index is 13.6. The minimum absolute atomic E-state index is 0.108. The molecule has 2 aromatic carbocycles. The number of benzene rings is 2. The molecule has 0 aliphatic heterocycles. The molecule has 0 bridgehead atoms. The minimum Gasteiger partial charge on any atom is -0.352 e. The summed E-state index contributed by atoms with van der Waals surface area (Å²) in [6.07, 6.45) is 0.309. The molecule has 0 atom stereocenters. The van der Waals surface area contributed by atoms with Gasteiger partial charge in [-0.2, -0.15) is 0 Å². The molecule has 0 radical (unpaired) electrons. The van der Waals surface area contributed by atoms with E-state index in [1.54, 1.807) is 12.1 Å². The molecule has 4 heteroatoms. The van der Waals surface area contributed by atoms with E-state index in [1.165, 1.54) is 6.07 Å². The van der Waals surface area contributed by atoms with E-state index in [1.807, 2.05) is 32.0 Å². The van der Waals surface area contributed by atoms with Crippen LogP contribution >= 0.6 is 15.9 Å². The van der Waals surface area contributed by atoms with Crippen LogP contribution in [-0.2, 0) is 17.8 Å². The summed E-state index contributed by atoms with van der Waals surface area (Å²) in [7, 11) is 0. The number of hydrogen-bond acceptors (Lipinski definition) is 1. The Kier molecular flexibility index (Phi) is 5.12. The van der Waals surface area contributed by atoms with Gasteiger partial charge in [-0.1, -0.05) is 39.7 Å². The third kappa shape index (κ3) is 4.39. The molecule has 0 aliphatic carbocycles. The average molecular weight is 350 g/mol. The molecule has 2 aromatic rings. The summed E-state index contributed by atoms with van der Waals surface area (Å²) in [6.45, 7) is 4.17. The van der Waals surface area contributed by atoms with Crippen LogP contribution in [0.2, 0.25) is 0 Å². The predicted octanol–water partition coefficient (Wildman–Crippen LogP) is 4.06. The number of aryl methyl sites for hydroxylation is 2. The number of rotatable bonds is 4. The summed E-state index contributed by atoms with van der Waals surface area (Å²) < 4.78 is 14.4. The zero-order valence-corrected chi connectivity index (χ0v) is 13.6. The Morgan fingerprint density at radius 1 is 1.14 bits per heavy atom. The van der Waals surface area contributed by atoms with E-state index in [0.717, 1.165) is 21.2 Å². The molecule has 2 rings (SSSR count). The van der Waals surface area contributed by atoms with Gasteiger partial charge < -0.3 is 5.32 Å². The summed E-state index contributed by atoms with van der Waals surface area (Å²) in [5, 5.41) is 2.76. The summed E-state index contributed by atoms with van der Waals surface area (Å²) in [5.41, 5.74) is 3.69. The van der Waals surface area contributed by atoms with Gasteiger partial charge in [-0.3, -0.25) is 4.79 Å². The van der Waals surface area contributed by atoms with Crippen molar-refractivity contribution in [1.29, 1.82) is 0 Å². The van der Waals surface area contributed by atoms with Crippen molar-refractivity contribution in [2.24, 2.45) is 0 Å². The van der Waals surface area contributed by atoms with E-state index in [0.29, 0.717) is 12.0 Å². The molecule has 0 heterocycles. The molecule has 1 N–H and O–H groups in total. The summed E-state index contributed by atoms with van der Waals surface area (Å²) in [6, 6.07) is 10.7. The van der Waals surface area contributed by atoms with Crippen LogP contribution in [-0.4, -0.2) is 5.91 Å². The number of carbonyl (C=O) groups is 1. The van der Waals surface area contributed by atoms with Crippen molar-refractivity contribution in [3.63, 3.8) is 0 Å². The highest BCUT2D eigenvalue weighted by atomic mass is 79.9. The van der Waals surface area contributed by atoms with Crippen LogP contribution in [0.5, 0.6) is 0 Å². The number of halogens is 2. The number of hydrogen-bond donors (Lipinski definition) is 1. The molecule has 0 fully saturated rings. The van der Waals surface area contributed by atoms with Crippen molar-refractivity contribution in [2.45, 2.75) is 26.8 Å². The molecule has 0 saturated heterocycles. The Morgan fingerprint density at radius 3 is 2.67 bits per heavy atom. The van der Waals surface area contributed by atoms with Crippen molar-refractivity contribution in [2.75, 3.05) is 0 Å². The fraction of sp³-hybridized carbons (Fsp3) is 0.235. The molecule has 110 valence electrons. The number of carbonyl (C=O) groups excluding carboxylic acids is 1. The molecule has 0 saturated carbocycles. The van der Waals surface area contributed by atoms with Crippen molar-refractivity contribution >= 4 is 21.8 Å². The molecule has 1 amide bonds. The molecule has 0 unspecified atom stereocenters. The lowest BCUT2D eigenvalue weighted by molar-refractivity contribution is -0.120. The lowest BCUT2D eigenvalue weighted by Crippen LogP contribution is -2.25. The van der Waals surface area contributed by atoms with Gasteiger partial charge in [-0.25, -0.2) is 4.39 Å². The molecular weight excluding hydrogens is 333 g/mol. The van der Waals surface area contributed by atoms with E-state index in [2.05, 4.69) is 21.2 Å². The number of amides is 1. The van der Waals surface area contributed by atoms with Gasteiger partial charge in [0.1, 0.15) is 5.82 Å². The highest BCUT2D eigenvalue weighted by Gasteiger charge is 2.08. The fourth-order valence-corrected chi connectivity index (χ4v) is 2.51. The maximum Gasteiger partial charge on any atom is 0.224 e. The highest BCUT2D eigenvalue weighted by molar-refractivity contribution is 9.10. The third-order valence-electron chi connectivity index (χ3n) is 3.34. The lowest BCUT2D eigenvalue weighted by atomic mass is 10.0. The Balaban J connectivity index is 1.99. The molecule has 0 aromatic heterocycles. The summed E-state index contributed by atoms with van der Waals surface area (Å²) in [5.74, 6) is -0.423. The predicted molar refractivity (Wildman–Crippen MR) is 85.6 cm³/mol. The van der Waals surface area contributed by atoms with Gasteiger partial charge in [0.25, 0.3) is 0 Å². The van der Waals surface area contributed by atoms with E-state index in [4.69, 9.17) is 0 Å². The van der Waals surface area contributed by atoms with Crippen LogP contribution in [0.15, 0.2) is 40.9 Å². The van der Waals surface area contributed by atoms with E-state index >= 15 is 0 Å². The van der Waals surface area contributed by atoms with Crippen LogP contribution in [0.25, 0.3) is 0 Å². The van der Waals surface area contributed by atoms with Crippen LogP contribution in [0.1, 0.15) is 22.3 Å². The minimum atomic E-state index is -0.315. The SMILES string of the molecule is Cc1ccc(C)c(CC(=O)NCc2cc(Br)ccc2F)c1. The first-order valence-corrected chi connectivity index (χ1v) is 7.52. The van der Waals surface area contributed by atoms with Crippen LogP contribution in [0, 0.1) is 19.7 Å². The second-order valence-electron chi connectivity index (χ2n) is 5.12. The summed E-state index contributed by atoms with van der Waals surface area (Å²) >= 11 is 3.30. The normalized spacial score (nSPS) is 10.5. The first kappa shape index (κ1) is 15.7. The van der Waals surface area contributed by atoms with Crippen molar-refractivity contribution < 1.29 is 9.18 Å². The molecule has 21 heavy (non-hydrogen) atoms. The monoisotopic (exact) mass is 349 g/mol. The zero-order chi connectivity index (χ0) is 15.4. The first-order chi connectivity index (χ1) is 9.95. The molecular formula is C17H17BrFNO. The lowest BCUT2D eigenvalue weighted by Gasteiger charge is -2.09. The van der Waals surface area contributed by atoms with Gasteiger partial charge in [0.05, 0.1) is 6.42 Å². The quantitative estimate of drug-likeness (QED) is 0.885. The van der Waals surface area contributed by atoms with Crippen molar-refractivity contribution in [3.8, 4) is 0 Å². The summed E-state index contributed by atoms with van der Waals surface area (Å²) in [4.78, 5) is 12.0. The molecule has 2 nitrogen and oxygen atoms in total. The van der Waals surface area contributed by atoms with E-state index in [9.17, 15) is 9.18 Å². The molecule has 0 aliphatic rings. The molecule has 0 spiro atoms. The third-order valence-corrected chi connectivity index (χ3v) is 3.83. The second-order valence-corrected chi connectivity index (χ2v) is 6.03. The van der Waals surface area contributed by atoms with Gasteiger partial charge in [-0.05, 0) is 43.2 Å². The fourth-order valence-electron chi connectivity index (χ4n) is 2.10. The van der Waals surface area contributed by atoms with E-state index in [-0.39, 0.29) is 18.3 Å². The van der Waals surface area contributed by atoms with Crippen LogP contribution < -0.4 is 5.32 Å². The standard InChI is InChI=1S/C17H17BrFNO/c1-11-3-4-12(2)13(7-11)9-17(21)20-10-14-8-15(18)5-6-16(14)19/h3-8H,9-10H2,1-2H3,(H,20,21). The van der Waals surface area contributed by atoms with Gasteiger partial charge in [0.15, 0.2) is 0 Å². The van der Waals surface area contributed by atoms with Crippen LogP contribution in [0.4, 0.5) is 4.39 Å². The van der Waals surface area contributed by atoms with Gasteiger partial charge in [0.2, 0.25) is 5.91 Å². The smallest absolute Gasteiger partial charge is 0.224 e. The van der Waals surface area contributed by atoms with Crippen molar-refractivity contribution in [3.05, 3.63) is 68.9 Å². The Labute approximate surface area is 132 Å². The maximum atomic E-state index is 13.6. The Hall–Kier alpha value is -1.68. The van der Waals surface area contributed by atoms with Gasteiger partial charge in [-0.15, -0.1) is 0 Å². The van der Waals surface area contributed by atoms with Gasteiger partial charge >= 0.3 is 0 Å². The first-order valence-electron chi connectivity index (χ1n) is 6.72. The van der Waals surface area contributed by atoms with Crippen LogP contribution in [0.3, 0.4) is 0 Å². The number of nitrogens with one attached hydrogen (secondary N) is 1. The zero-order valence-electron chi connectivity index (χ0n) is 12.0. The van der Waals surface area contributed by atoms with Crippen molar-refractivity contribution in [1.82, 2.24) is 5.32 Å². The van der Waals surface area contributed by atoms with E-state index < -0.39 is 0 Å². The largest absolute Gasteiger partial charge is 0.352 e. The highest BCUT2D eigenvalue weighted by Crippen LogP contribution is 2.15. The average Bonchev–Trinajstić information content (AvgIpc) is 2.44.